The predicted molar refractivity (Wildman–Crippen MR) is 81.2 cm³/mol. The van der Waals surface area contributed by atoms with Crippen LogP contribution in [0.15, 0.2) is 24.3 Å². The molecule has 2 rings (SSSR count). The predicted octanol–water partition coefficient (Wildman–Crippen LogP) is 2.14. The summed E-state index contributed by atoms with van der Waals surface area (Å²) in [6.45, 7) is 5.09. The maximum atomic E-state index is 12.5. The molecule has 0 aromatic heterocycles. The standard InChI is InChI=1S/C17H21NO4/c1-10(19)18-16(11-6-4-5-7-12(11)20)15-13(21)8-17(2,3)9-14(15)22/h4-7,15-16,20H,8-9H2,1-3H3,(H,18,19). The highest BCUT2D eigenvalue weighted by Crippen LogP contribution is 2.40. The van der Waals surface area contributed by atoms with Crippen molar-refractivity contribution < 1.29 is 19.5 Å². The highest BCUT2D eigenvalue weighted by molar-refractivity contribution is 6.06. The van der Waals surface area contributed by atoms with Crippen LogP contribution in [0.2, 0.25) is 0 Å². The van der Waals surface area contributed by atoms with E-state index in [9.17, 15) is 19.5 Å². The maximum Gasteiger partial charge on any atom is 0.217 e. The Bertz CT molecular complexity index is 601. The number of hydrogen-bond donors (Lipinski definition) is 2. The minimum Gasteiger partial charge on any atom is -0.508 e. The van der Waals surface area contributed by atoms with Gasteiger partial charge < -0.3 is 10.4 Å². The van der Waals surface area contributed by atoms with Crippen molar-refractivity contribution in [1.82, 2.24) is 5.32 Å². The van der Waals surface area contributed by atoms with E-state index in [1.54, 1.807) is 18.2 Å². The number of nitrogens with one attached hydrogen (secondary N) is 1. The number of aromatic hydroxyl groups is 1. The summed E-state index contributed by atoms with van der Waals surface area (Å²) in [5.41, 5.74) is 0.0357. The van der Waals surface area contributed by atoms with Crippen LogP contribution < -0.4 is 5.32 Å². The molecule has 1 saturated carbocycles. The van der Waals surface area contributed by atoms with Crippen LogP contribution in [-0.4, -0.2) is 22.6 Å². The average Bonchev–Trinajstić information content (AvgIpc) is 2.35. The van der Waals surface area contributed by atoms with Gasteiger partial charge in [-0.3, -0.25) is 14.4 Å². The van der Waals surface area contributed by atoms with E-state index >= 15 is 0 Å². The minimum atomic E-state index is -0.940. The number of carbonyl (C=O) groups is 3. The fourth-order valence-electron chi connectivity index (χ4n) is 3.09. The first-order chi connectivity index (χ1) is 10.2. The summed E-state index contributed by atoms with van der Waals surface area (Å²) in [7, 11) is 0. The molecule has 1 amide bonds. The topological polar surface area (TPSA) is 83.5 Å². The van der Waals surface area contributed by atoms with E-state index in [1.165, 1.54) is 13.0 Å². The summed E-state index contributed by atoms with van der Waals surface area (Å²) < 4.78 is 0. The molecule has 1 aliphatic carbocycles. The van der Waals surface area contributed by atoms with Crippen molar-refractivity contribution in [2.75, 3.05) is 0 Å². The summed E-state index contributed by atoms with van der Waals surface area (Å²) in [5, 5.41) is 12.7. The zero-order chi connectivity index (χ0) is 16.5. The van der Waals surface area contributed by atoms with Crippen LogP contribution in [0.25, 0.3) is 0 Å². The van der Waals surface area contributed by atoms with E-state index in [1.807, 2.05) is 13.8 Å². The second-order valence-corrected chi connectivity index (χ2v) is 6.67. The molecular weight excluding hydrogens is 282 g/mol. The SMILES string of the molecule is CC(=O)NC(c1ccccc1O)C1C(=O)CC(C)(C)CC1=O. The van der Waals surface area contributed by atoms with Crippen molar-refractivity contribution >= 4 is 17.5 Å². The van der Waals surface area contributed by atoms with Crippen LogP contribution in [0, 0.1) is 11.3 Å². The average molecular weight is 303 g/mol. The molecule has 0 spiro atoms. The number of carbonyl (C=O) groups excluding carboxylic acids is 3. The molecule has 1 unspecified atom stereocenters. The molecular formula is C17H21NO4. The summed E-state index contributed by atoms with van der Waals surface area (Å²) >= 11 is 0. The van der Waals surface area contributed by atoms with Gasteiger partial charge in [-0.1, -0.05) is 32.0 Å². The summed E-state index contributed by atoms with van der Waals surface area (Å²) in [6.07, 6.45) is 0.570. The van der Waals surface area contributed by atoms with Gasteiger partial charge in [-0.25, -0.2) is 0 Å². The molecule has 0 saturated heterocycles. The number of benzene rings is 1. The second kappa shape index (κ2) is 5.91. The molecule has 0 aliphatic heterocycles. The molecule has 1 fully saturated rings. The van der Waals surface area contributed by atoms with Crippen LogP contribution in [0.1, 0.15) is 45.2 Å². The van der Waals surface area contributed by atoms with Gasteiger partial charge in [0.25, 0.3) is 0 Å². The quantitative estimate of drug-likeness (QED) is 0.838. The number of para-hydroxylation sites is 1. The van der Waals surface area contributed by atoms with Gasteiger partial charge in [0.05, 0.1) is 6.04 Å². The number of amides is 1. The third-order valence-electron chi connectivity index (χ3n) is 3.96. The highest BCUT2D eigenvalue weighted by Gasteiger charge is 2.44. The van der Waals surface area contributed by atoms with E-state index in [4.69, 9.17) is 0 Å². The Hall–Kier alpha value is -2.17. The number of phenols is 1. The van der Waals surface area contributed by atoms with E-state index in [-0.39, 0.29) is 41.5 Å². The fourth-order valence-corrected chi connectivity index (χ4v) is 3.09. The van der Waals surface area contributed by atoms with Gasteiger partial charge in [0.15, 0.2) is 0 Å². The molecule has 118 valence electrons. The second-order valence-electron chi connectivity index (χ2n) is 6.67. The smallest absolute Gasteiger partial charge is 0.217 e. The zero-order valence-electron chi connectivity index (χ0n) is 13.1. The van der Waals surface area contributed by atoms with Gasteiger partial charge in [-0.15, -0.1) is 0 Å². The van der Waals surface area contributed by atoms with Crippen LogP contribution in [0.5, 0.6) is 5.75 Å². The molecule has 1 aromatic carbocycles. The molecule has 5 nitrogen and oxygen atoms in total. The lowest BCUT2D eigenvalue weighted by molar-refractivity contribution is -0.141. The van der Waals surface area contributed by atoms with E-state index in [0.29, 0.717) is 5.56 Å². The number of Topliss-reactive ketones (excluding diaryl/α,β-unsaturated/α-hetero) is 2. The largest absolute Gasteiger partial charge is 0.508 e. The number of hydrogen-bond acceptors (Lipinski definition) is 4. The monoisotopic (exact) mass is 303 g/mol. The molecule has 1 atom stereocenters. The van der Waals surface area contributed by atoms with E-state index in [0.717, 1.165) is 0 Å². The first kappa shape index (κ1) is 16.2. The third kappa shape index (κ3) is 3.35. The van der Waals surface area contributed by atoms with E-state index < -0.39 is 12.0 Å². The van der Waals surface area contributed by atoms with Crippen molar-refractivity contribution in [3.63, 3.8) is 0 Å². The molecule has 0 heterocycles. The molecule has 0 radical (unpaired) electrons. The van der Waals surface area contributed by atoms with Gasteiger partial charge in [0.1, 0.15) is 23.2 Å². The normalized spacial score (nSPS) is 19.8. The summed E-state index contributed by atoms with van der Waals surface area (Å²) in [6, 6.07) is 5.63. The molecule has 5 heteroatoms. The van der Waals surface area contributed by atoms with Crippen LogP contribution in [0.3, 0.4) is 0 Å². The van der Waals surface area contributed by atoms with Crippen LogP contribution in [-0.2, 0) is 14.4 Å². The van der Waals surface area contributed by atoms with E-state index in [2.05, 4.69) is 5.32 Å². The van der Waals surface area contributed by atoms with Crippen molar-refractivity contribution in [2.24, 2.45) is 11.3 Å². The molecule has 2 N–H and O–H groups in total. The first-order valence-electron chi connectivity index (χ1n) is 7.32. The highest BCUT2D eigenvalue weighted by atomic mass is 16.3. The summed E-state index contributed by atoms with van der Waals surface area (Å²) in [5.74, 6) is -1.71. The Morgan fingerprint density at radius 2 is 1.77 bits per heavy atom. The Morgan fingerprint density at radius 3 is 2.27 bits per heavy atom. The minimum absolute atomic E-state index is 0.0355. The Balaban J connectivity index is 2.42. The lowest BCUT2D eigenvalue weighted by Crippen LogP contribution is -2.45. The first-order valence-corrected chi connectivity index (χ1v) is 7.32. The van der Waals surface area contributed by atoms with Crippen molar-refractivity contribution in [1.29, 1.82) is 0 Å². The maximum absolute atomic E-state index is 12.5. The number of ketones is 2. The Morgan fingerprint density at radius 1 is 1.23 bits per heavy atom. The molecule has 22 heavy (non-hydrogen) atoms. The summed E-state index contributed by atoms with van der Waals surface area (Å²) in [4.78, 5) is 36.5. The van der Waals surface area contributed by atoms with Crippen LogP contribution in [0.4, 0.5) is 0 Å². The van der Waals surface area contributed by atoms with Crippen molar-refractivity contribution in [3.8, 4) is 5.75 Å². The Kier molecular flexibility index (Phi) is 4.35. The van der Waals surface area contributed by atoms with Gasteiger partial charge in [-0.2, -0.15) is 0 Å². The third-order valence-corrected chi connectivity index (χ3v) is 3.96. The van der Waals surface area contributed by atoms with Gasteiger partial charge >= 0.3 is 0 Å². The molecule has 1 aliphatic rings. The van der Waals surface area contributed by atoms with Crippen LogP contribution >= 0.6 is 0 Å². The fraction of sp³-hybridized carbons (Fsp3) is 0.471. The lowest BCUT2D eigenvalue weighted by atomic mass is 9.68. The number of phenolic OH excluding ortho intramolecular Hbond substituents is 1. The number of rotatable bonds is 3. The van der Waals surface area contributed by atoms with Gasteiger partial charge in [-0.05, 0) is 11.5 Å². The molecule has 0 bridgehead atoms. The van der Waals surface area contributed by atoms with Gasteiger partial charge in [0, 0.05) is 25.3 Å². The lowest BCUT2D eigenvalue weighted by Gasteiger charge is -2.36. The van der Waals surface area contributed by atoms with Crippen molar-refractivity contribution in [2.45, 2.75) is 39.7 Å². The Labute approximate surface area is 129 Å². The zero-order valence-corrected chi connectivity index (χ0v) is 13.1. The molecule has 1 aromatic rings. The van der Waals surface area contributed by atoms with Gasteiger partial charge in [0.2, 0.25) is 5.91 Å². The van der Waals surface area contributed by atoms with Crippen molar-refractivity contribution in [3.05, 3.63) is 29.8 Å².